The maximum Gasteiger partial charge on any atom is 0.0576 e. The van der Waals surface area contributed by atoms with Crippen LogP contribution in [0.4, 0.5) is 0 Å². The molecular weight excluding hydrogens is 532 g/mol. The van der Waals surface area contributed by atoms with E-state index in [0.29, 0.717) is 0 Å². The lowest BCUT2D eigenvalue weighted by Crippen LogP contribution is -2.04. The van der Waals surface area contributed by atoms with Gasteiger partial charge in [-0.3, -0.25) is 0 Å². The first-order valence-electron chi connectivity index (χ1n) is 16.7. The molecule has 0 fully saturated rings. The molecule has 2 heterocycles. The van der Waals surface area contributed by atoms with Crippen molar-refractivity contribution in [1.82, 2.24) is 9.13 Å². The third-order valence-corrected chi connectivity index (χ3v) is 12.4. The molecule has 230 valence electrons. The van der Waals surface area contributed by atoms with Crippen LogP contribution < -0.4 is 0 Å². The van der Waals surface area contributed by atoms with Crippen molar-refractivity contribution in [2.75, 3.05) is 0 Å². The normalized spacial score (nSPS) is 12.3. The topological polar surface area (TPSA) is 9.86 Å². The number of fused-ring (bicyclic) bond motifs is 6. The SMILES string of the molecule is CCn1c2c(C)c(C)c(C)c(C)c2c2c(C)c(-c3c(C)c(C)c(C)c4c5c(C)c(C)c(C)c(C)c5n(CC)c34)c(C)c(C)c21. The van der Waals surface area contributed by atoms with Crippen LogP contribution in [0.1, 0.15) is 91.7 Å². The predicted molar refractivity (Wildman–Crippen MR) is 196 cm³/mol. The van der Waals surface area contributed by atoms with Crippen LogP contribution in [0.25, 0.3) is 54.7 Å². The van der Waals surface area contributed by atoms with Gasteiger partial charge in [-0.25, -0.2) is 0 Å². The molecule has 2 nitrogen and oxygen atoms in total. The van der Waals surface area contributed by atoms with E-state index in [-0.39, 0.29) is 0 Å². The summed E-state index contributed by atoms with van der Waals surface area (Å²) in [6.07, 6.45) is 0. The molecular formula is C42H52N2. The molecule has 0 amide bonds. The van der Waals surface area contributed by atoms with Crippen LogP contribution in [-0.2, 0) is 13.1 Å². The molecule has 44 heavy (non-hydrogen) atoms. The van der Waals surface area contributed by atoms with Crippen molar-refractivity contribution in [3.8, 4) is 11.1 Å². The van der Waals surface area contributed by atoms with Crippen molar-refractivity contribution in [2.45, 2.75) is 124 Å². The van der Waals surface area contributed by atoms with E-state index in [1.54, 1.807) is 0 Å². The van der Waals surface area contributed by atoms with Gasteiger partial charge in [-0.2, -0.15) is 0 Å². The zero-order chi connectivity index (χ0) is 32.4. The Morgan fingerprint density at radius 2 is 0.545 bits per heavy atom. The lowest BCUT2D eigenvalue weighted by molar-refractivity contribution is 0.820. The highest BCUT2D eigenvalue weighted by Gasteiger charge is 2.29. The largest absolute Gasteiger partial charge is 0.340 e. The minimum atomic E-state index is 0.947. The fourth-order valence-electron chi connectivity index (χ4n) is 8.90. The van der Waals surface area contributed by atoms with E-state index in [4.69, 9.17) is 0 Å². The molecule has 6 aromatic rings. The van der Waals surface area contributed by atoms with Gasteiger partial charge in [-0.05, 0) is 194 Å². The minimum Gasteiger partial charge on any atom is -0.340 e. The quantitative estimate of drug-likeness (QED) is 0.196. The second-order valence-electron chi connectivity index (χ2n) is 13.9. The van der Waals surface area contributed by atoms with Crippen molar-refractivity contribution in [3.63, 3.8) is 0 Å². The fourth-order valence-corrected chi connectivity index (χ4v) is 8.90. The van der Waals surface area contributed by atoms with Crippen LogP contribution >= 0.6 is 0 Å². The van der Waals surface area contributed by atoms with Gasteiger partial charge in [0, 0.05) is 40.2 Å². The third kappa shape index (κ3) is 3.49. The summed E-state index contributed by atoms with van der Waals surface area (Å²) in [7, 11) is 0. The summed E-state index contributed by atoms with van der Waals surface area (Å²) in [6.45, 7) is 39.4. The fraction of sp³-hybridized carbons (Fsp3) is 0.429. The highest BCUT2D eigenvalue weighted by molar-refractivity contribution is 6.20. The lowest BCUT2D eigenvalue weighted by atomic mass is 9.82. The van der Waals surface area contributed by atoms with Crippen molar-refractivity contribution < 1.29 is 0 Å². The Labute approximate surface area is 265 Å². The van der Waals surface area contributed by atoms with Gasteiger partial charge in [0.2, 0.25) is 0 Å². The molecule has 0 radical (unpaired) electrons. The van der Waals surface area contributed by atoms with Crippen molar-refractivity contribution in [1.29, 1.82) is 0 Å². The average Bonchev–Trinajstić information content (AvgIpc) is 3.54. The van der Waals surface area contributed by atoms with E-state index >= 15 is 0 Å². The van der Waals surface area contributed by atoms with Crippen LogP contribution in [0.15, 0.2) is 0 Å². The molecule has 4 aromatic carbocycles. The van der Waals surface area contributed by atoms with E-state index in [1.807, 2.05) is 0 Å². The Morgan fingerprint density at radius 3 is 0.955 bits per heavy atom. The summed E-state index contributed by atoms with van der Waals surface area (Å²) in [5, 5.41) is 5.82. The number of rotatable bonds is 3. The Bertz CT molecular complexity index is 2260. The molecule has 0 spiro atoms. The first-order chi connectivity index (χ1) is 20.6. The minimum absolute atomic E-state index is 0.947. The van der Waals surface area contributed by atoms with Gasteiger partial charge >= 0.3 is 0 Å². The number of nitrogens with zero attached hydrogens (tertiary/aromatic N) is 2. The van der Waals surface area contributed by atoms with Crippen molar-refractivity contribution in [3.05, 3.63) is 77.9 Å². The summed E-state index contributed by atoms with van der Waals surface area (Å²) in [4.78, 5) is 0. The number of benzene rings is 4. The van der Waals surface area contributed by atoms with Crippen LogP contribution in [0.3, 0.4) is 0 Å². The van der Waals surface area contributed by atoms with Gasteiger partial charge in [-0.1, -0.05) is 0 Å². The highest BCUT2D eigenvalue weighted by Crippen LogP contribution is 2.50. The third-order valence-electron chi connectivity index (χ3n) is 12.4. The maximum absolute atomic E-state index is 2.66. The van der Waals surface area contributed by atoms with Gasteiger partial charge < -0.3 is 9.13 Å². The zero-order valence-electron chi connectivity index (χ0n) is 30.3. The Balaban J connectivity index is 1.97. The van der Waals surface area contributed by atoms with Gasteiger partial charge in [0.15, 0.2) is 0 Å². The molecule has 0 saturated carbocycles. The van der Waals surface area contributed by atoms with Gasteiger partial charge in [0.1, 0.15) is 0 Å². The molecule has 2 heteroatoms. The highest BCUT2D eigenvalue weighted by atomic mass is 15.0. The standard InChI is InChI=1S/C42H52N2/c1-17-43-39-29(13)21(5)20(4)25(9)36(39)38-32(16)33(28(12)31(15)41(38)43)34-26(10)23(7)27(11)37-35-24(8)19(3)22(6)30(14)40(35)44(18-2)42(34)37/h17-18H2,1-16H3. The van der Waals surface area contributed by atoms with E-state index in [2.05, 4.69) is 120 Å². The lowest BCUT2D eigenvalue weighted by Gasteiger charge is -2.23. The van der Waals surface area contributed by atoms with E-state index in [0.717, 1.165) is 13.1 Å². The maximum atomic E-state index is 2.66. The van der Waals surface area contributed by atoms with Gasteiger partial charge in [0.05, 0.1) is 22.1 Å². The van der Waals surface area contributed by atoms with Crippen LogP contribution in [0.5, 0.6) is 0 Å². The van der Waals surface area contributed by atoms with E-state index < -0.39 is 0 Å². The molecule has 0 unspecified atom stereocenters. The van der Waals surface area contributed by atoms with E-state index in [1.165, 1.54) is 133 Å². The first-order valence-corrected chi connectivity index (χ1v) is 16.7. The molecule has 0 aliphatic rings. The Hall–Kier alpha value is -3.52. The number of hydrogen-bond donors (Lipinski definition) is 0. The van der Waals surface area contributed by atoms with Crippen LogP contribution in [0, 0.1) is 96.9 Å². The van der Waals surface area contributed by atoms with Gasteiger partial charge in [0.25, 0.3) is 0 Å². The summed E-state index contributed by atoms with van der Waals surface area (Å²) >= 11 is 0. The molecule has 0 aliphatic carbocycles. The second-order valence-corrected chi connectivity index (χ2v) is 13.9. The van der Waals surface area contributed by atoms with Crippen molar-refractivity contribution >= 4 is 43.6 Å². The summed E-state index contributed by atoms with van der Waals surface area (Å²) in [5.74, 6) is 0. The Kier molecular flexibility index (Phi) is 6.93. The number of aryl methyl sites for hydroxylation is 9. The van der Waals surface area contributed by atoms with Gasteiger partial charge in [-0.15, -0.1) is 0 Å². The summed E-state index contributed by atoms with van der Waals surface area (Å²) in [5.41, 5.74) is 28.5. The van der Waals surface area contributed by atoms with Crippen LogP contribution in [-0.4, -0.2) is 9.13 Å². The van der Waals surface area contributed by atoms with Crippen molar-refractivity contribution in [2.24, 2.45) is 0 Å². The molecule has 0 bridgehead atoms. The average molecular weight is 585 g/mol. The van der Waals surface area contributed by atoms with E-state index in [9.17, 15) is 0 Å². The number of aromatic nitrogens is 2. The molecule has 0 saturated heterocycles. The molecule has 6 rings (SSSR count). The zero-order valence-corrected chi connectivity index (χ0v) is 30.3. The smallest absolute Gasteiger partial charge is 0.0576 e. The monoisotopic (exact) mass is 584 g/mol. The molecule has 0 aliphatic heterocycles. The molecule has 2 aromatic heterocycles. The number of hydrogen-bond acceptors (Lipinski definition) is 0. The molecule has 0 N–H and O–H groups in total. The summed E-state index contributed by atoms with van der Waals surface area (Å²) in [6, 6.07) is 0. The molecule has 0 atom stereocenters. The first kappa shape index (κ1) is 30.5. The predicted octanol–water partition coefficient (Wildman–Crippen LogP) is 11.9. The second kappa shape index (κ2) is 9.99. The summed E-state index contributed by atoms with van der Waals surface area (Å²) < 4.78 is 5.27. The van der Waals surface area contributed by atoms with Crippen LogP contribution in [0.2, 0.25) is 0 Å². The Morgan fingerprint density at radius 1 is 0.273 bits per heavy atom.